The summed E-state index contributed by atoms with van der Waals surface area (Å²) in [6, 6.07) is 8.14. The number of unbranched alkanes of at least 4 members (excludes halogenated alkanes) is 2. The molecule has 7 N–H and O–H groups in total. The van der Waals surface area contributed by atoms with Crippen molar-refractivity contribution in [2.45, 2.75) is 45.4 Å². The highest BCUT2D eigenvalue weighted by Crippen LogP contribution is 2.17. The lowest BCUT2D eigenvalue weighted by atomic mass is 10.1. The Kier molecular flexibility index (Phi) is 10.4. The molecule has 0 aliphatic heterocycles. The number of aryl methyl sites for hydroxylation is 1. The van der Waals surface area contributed by atoms with Crippen LogP contribution in [0, 0.1) is 0 Å². The number of halogens is 1. The average Bonchev–Trinajstić information content (AvgIpc) is 2.76. The highest BCUT2D eigenvalue weighted by atomic mass is 35.5. The summed E-state index contributed by atoms with van der Waals surface area (Å²) in [4.78, 5) is 23.9. The summed E-state index contributed by atoms with van der Waals surface area (Å²) < 4.78 is 5.77. The number of aliphatic imine (C=N–C) groups is 1. The lowest BCUT2D eigenvalue weighted by molar-refractivity contribution is 0.0972. The Hall–Kier alpha value is -3.33. The summed E-state index contributed by atoms with van der Waals surface area (Å²) in [5.41, 5.74) is 19.2. The van der Waals surface area contributed by atoms with E-state index in [1.54, 1.807) is 0 Å². The molecule has 178 valence electrons. The van der Waals surface area contributed by atoms with Crippen LogP contribution in [0.1, 0.15) is 55.1 Å². The van der Waals surface area contributed by atoms with Crippen molar-refractivity contribution in [1.29, 1.82) is 0 Å². The maximum Gasteiger partial charge on any atom is 0.280 e. The van der Waals surface area contributed by atoms with Crippen molar-refractivity contribution >= 4 is 35.1 Å². The molecule has 0 bridgehead atoms. The number of nitrogens with two attached hydrogens (primary N) is 3. The number of aromatic nitrogens is 2. The number of carbonyl (C=O) groups excluding carboxylic acids is 1. The number of amides is 1. The highest BCUT2D eigenvalue weighted by molar-refractivity contribution is 6.31. The quantitative estimate of drug-likeness (QED) is 0.159. The van der Waals surface area contributed by atoms with E-state index < -0.39 is 5.91 Å². The number of nitrogens with zero attached hydrogens (tertiary/aromatic N) is 3. The molecule has 0 unspecified atom stereocenters. The number of carbonyl (C=O) groups is 1. The van der Waals surface area contributed by atoms with Gasteiger partial charge in [-0.3, -0.25) is 15.1 Å². The monoisotopic (exact) mass is 473 g/mol. The van der Waals surface area contributed by atoms with Gasteiger partial charge < -0.3 is 21.9 Å². The second-order valence-electron chi connectivity index (χ2n) is 7.72. The van der Waals surface area contributed by atoms with E-state index in [4.69, 9.17) is 33.5 Å². The smallest absolute Gasteiger partial charge is 0.280 e. The second-order valence-corrected chi connectivity index (χ2v) is 8.08. The Balaban J connectivity index is 1.67. The summed E-state index contributed by atoms with van der Waals surface area (Å²) >= 11 is 5.78. The van der Waals surface area contributed by atoms with Gasteiger partial charge in [0.25, 0.3) is 5.91 Å². The maximum absolute atomic E-state index is 12.2. The van der Waals surface area contributed by atoms with Crippen molar-refractivity contribution in [1.82, 2.24) is 15.3 Å². The normalized spacial score (nSPS) is 11.3. The van der Waals surface area contributed by atoms with E-state index in [2.05, 4.69) is 39.0 Å². The minimum atomic E-state index is -0.652. The predicted octanol–water partition coefficient (Wildman–Crippen LogP) is 3.49. The van der Waals surface area contributed by atoms with Crippen LogP contribution in [0.15, 0.2) is 41.4 Å². The summed E-state index contributed by atoms with van der Waals surface area (Å²) in [5, 5.41) is 2.31. The Bertz CT molecular complexity index is 978. The first-order valence-electron chi connectivity index (χ1n) is 10.8. The fourth-order valence-corrected chi connectivity index (χ4v) is 3.06. The molecule has 1 aromatic heterocycles. The van der Waals surface area contributed by atoms with Gasteiger partial charge in [0.05, 0.1) is 6.61 Å². The average molecular weight is 474 g/mol. The third-order valence-corrected chi connectivity index (χ3v) is 4.99. The van der Waals surface area contributed by atoms with E-state index in [1.165, 1.54) is 11.1 Å². The molecule has 0 saturated heterocycles. The van der Waals surface area contributed by atoms with Gasteiger partial charge in [-0.05, 0) is 63.1 Å². The molecule has 2 aromatic rings. The molecule has 0 radical (unpaired) electrons. The maximum atomic E-state index is 12.2. The topological polar surface area (TPSA) is 155 Å². The van der Waals surface area contributed by atoms with Crippen LogP contribution in [0.4, 0.5) is 11.6 Å². The molecule has 0 spiro atoms. The molecule has 1 aromatic carbocycles. The molecular weight excluding hydrogens is 442 g/mol. The second kappa shape index (κ2) is 13.3. The molecule has 0 atom stereocenters. The Labute approximate surface area is 199 Å². The zero-order chi connectivity index (χ0) is 24.2. The number of ether oxygens (including phenoxy) is 1. The van der Waals surface area contributed by atoms with Gasteiger partial charge in [-0.25, -0.2) is 9.97 Å². The van der Waals surface area contributed by atoms with Crippen LogP contribution in [0.2, 0.25) is 5.15 Å². The Morgan fingerprint density at radius 3 is 2.55 bits per heavy atom. The number of rotatable bonds is 12. The fourth-order valence-electron chi connectivity index (χ4n) is 2.94. The molecule has 2 rings (SSSR count). The Morgan fingerprint density at radius 1 is 1.12 bits per heavy atom. The standard InChI is InChI=1S/C23H32ClN7O2/c1-15(2)7-4-6-14-33-17-11-9-16(10-12-17)8-3-5-13-28-23(27)31-22(32)18-20(25)30-21(26)19(24)29-18/h9-12H,1,3-8,13-14H2,2H3,(H4,25,26,30)(H3,27,28,31,32). The van der Waals surface area contributed by atoms with Gasteiger partial charge in [0.2, 0.25) is 0 Å². The van der Waals surface area contributed by atoms with Gasteiger partial charge in [0.1, 0.15) is 5.75 Å². The zero-order valence-electron chi connectivity index (χ0n) is 18.9. The zero-order valence-corrected chi connectivity index (χ0v) is 19.7. The minimum Gasteiger partial charge on any atom is -0.494 e. The predicted molar refractivity (Wildman–Crippen MR) is 133 cm³/mol. The molecule has 1 heterocycles. The molecule has 10 heteroatoms. The van der Waals surface area contributed by atoms with Gasteiger partial charge in [-0.15, -0.1) is 6.58 Å². The number of allylic oxidation sites excluding steroid dienone is 1. The molecule has 0 aliphatic rings. The Morgan fingerprint density at radius 2 is 1.85 bits per heavy atom. The number of hydrogen-bond acceptors (Lipinski definition) is 7. The third-order valence-electron chi connectivity index (χ3n) is 4.71. The van der Waals surface area contributed by atoms with Gasteiger partial charge in [-0.2, -0.15) is 0 Å². The van der Waals surface area contributed by atoms with E-state index in [0.29, 0.717) is 13.2 Å². The number of benzene rings is 1. The van der Waals surface area contributed by atoms with E-state index in [-0.39, 0.29) is 28.4 Å². The molecule has 1 amide bonds. The number of hydrogen-bond donors (Lipinski definition) is 4. The summed E-state index contributed by atoms with van der Waals surface area (Å²) in [7, 11) is 0. The first-order valence-corrected chi connectivity index (χ1v) is 11.2. The van der Waals surface area contributed by atoms with Crippen molar-refractivity contribution in [2.75, 3.05) is 24.6 Å². The van der Waals surface area contributed by atoms with Crippen molar-refractivity contribution in [2.24, 2.45) is 10.7 Å². The molecule has 0 aliphatic carbocycles. The third kappa shape index (κ3) is 9.36. The number of nitrogens with one attached hydrogen (secondary N) is 1. The summed E-state index contributed by atoms with van der Waals surface area (Å²) in [6.45, 7) is 7.14. The summed E-state index contributed by atoms with van der Waals surface area (Å²) in [6.07, 6.45) is 5.82. The number of guanidine groups is 1. The van der Waals surface area contributed by atoms with Gasteiger partial charge >= 0.3 is 0 Å². The van der Waals surface area contributed by atoms with E-state index >= 15 is 0 Å². The number of anilines is 2. The van der Waals surface area contributed by atoms with Crippen LogP contribution >= 0.6 is 11.6 Å². The molecule has 33 heavy (non-hydrogen) atoms. The summed E-state index contributed by atoms with van der Waals surface area (Å²) in [5.74, 6) is 0.0142. The van der Waals surface area contributed by atoms with E-state index in [1.807, 2.05) is 19.1 Å². The minimum absolute atomic E-state index is 0.0288. The van der Waals surface area contributed by atoms with Crippen LogP contribution in [-0.2, 0) is 6.42 Å². The van der Waals surface area contributed by atoms with Gasteiger partial charge in [0, 0.05) is 6.54 Å². The van der Waals surface area contributed by atoms with Crippen molar-refractivity contribution < 1.29 is 9.53 Å². The van der Waals surface area contributed by atoms with Crippen LogP contribution in [0.3, 0.4) is 0 Å². The van der Waals surface area contributed by atoms with Gasteiger partial charge in [0.15, 0.2) is 28.4 Å². The van der Waals surface area contributed by atoms with Crippen molar-refractivity contribution in [3.05, 3.63) is 52.8 Å². The van der Waals surface area contributed by atoms with E-state index in [0.717, 1.165) is 44.3 Å². The lowest BCUT2D eigenvalue weighted by Crippen LogP contribution is -2.38. The fraction of sp³-hybridized carbons (Fsp3) is 0.391. The lowest BCUT2D eigenvalue weighted by Gasteiger charge is -2.08. The van der Waals surface area contributed by atoms with Crippen LogP contribution in [0.5, 0.6) is 5.75 Å². The van der Waals surface area contributed by atoms with Gasteiger partial charge in [-0.1, -0.05) is 29.3 Å². The first-order chi connectivity index (χ1) is 15.8. The molecule has 9 nitrogen and oxygen atoms in total. The first kappa shape index (κ1) is 25.9. The van der Waals surface area contributed by atoms with Crippen LogP contribution in [0.25, 0.3) is 0 Å². The van der Waals surface area contributed by atoms with Crippen LogP contribution < -0.4 is 27.3 Å². The SMILES string of the molecule is C=C(C)CCCCOc1ccc(CCCCN=C(N)NC(=O)c2nc(Cl)c(N)nc2N)cc1. The molecular formula is C23H32ClN7O2. The van der Waals surface area contributed by atoms with Crippen molar-refractivity contribution in [3.63, 3.8) is 0 Å². The molecule has 0 fully saturated rings. The molecule has 0 saturated carbocycles. The van der Waals surface area contributed by atoms with Crippen molar-refractivity contribution in [3.8, 4) is 5.75 Å². The largest absolute Gasteiger partial charge is 0.494 e. The highest BCUT2D eigenvalue weighted by Gasteiger charge is 2.16. The van der Waals surface area contributed by atoms with E-state index in [9.17, 15) is 4.79 Å². The number of nitrogen functional groups attached to an aromatic ring is 2. The van der Waals surface area contributed by atoms with Crippen LogP contribution in [-0.4, -0.2) is 35.0 Å².